The molecule has 0 atom stereocenters. The summed E-state index contributed by atoms with van der Waals surface area (Å²) >= 11 is 0. The molecule has 4 N–H and O–H groups in total. The molecule has 0 radical (unpaired) electrons. The quantitative estimate of drug-likeness (QED) is 0.643. The van der Waals surface area contributed by atoms with Gasteiger partial charge in [-0.15, -0.1) is 0 Å². The number of benzene rings is 1. The summed E-state index contributed by atoms with van der Waals surface area (Å²) in [4.78, 5) is 16.1. The Morgan fingerprint density at radius 2 is 2.00 bits per heavy atom. The number of aliphatic imine (C=N–C) groups is 1. The highest BCUT2D eigenvalue weighted by atomic mass is 16.5. The topological polar surface area (TPSA) is 93.9 Å². The van der Waals surface area contributed by atoms with Crippen LogP contribution in [-0.4, -0.2) is 30.0 Å². The molecule has 19 heavy (non-hydrogen) atoms. The first-order valence-corrected chi connectivity index (χ1v) is 5.96. The maximum absolute atomic E-state index is 10.9. The fraction of sp³-hybridized carbons (Fsp3) is 0.385. The normalized spacial score (nSPS) is 11.5. The molecule has 2 amide bonds. The molecule has 0 bridgehead atoms. The first kappa shape index (κ1) is 14.8. The molecule has 104 valence electrons. The van der Waals surface area contributed by atoms with E-state index in [0.29, 0.717) is 5.69 Å². The molecule has 1 aromatic carbocycles. The predicted molar refractivity (Wildman–Crippen MR) is 75.6 cm³/mol. The van der Waals surface area contributed by atoms with Gasteiger partial charge in [0.2, 0.25) is 5.96 Å². The monoisotopic (exact) mass is 264 g/mol. The Morgan fingerprint density at radius 1 is 1.37 bits per heavy atom. The highest BCUT2D eigenvalue weighted by Crippen LogP contribution is 2.24. The average Bonchev–Trinajstić information content (AvgIpc) is 2.31. The first-order chi connectivity index (χ1) is 8.81. The van der Waals surface area contributed by atoms with Gasteiger partial charge in [-0.1, -0.05) is 0 Å². The molecule has 0 heterocycles. The van der Waals surface area contributed by atoms with Gasteiger partial charge in [-0.2, -0.15) is 0 Å². The lowest BCUT2D eigenvalue weighted by atomic mass is 10.2. The molecule has 1 aromatic rings. The van der Waals surface area contributed by atoms with Gasteiger partial charge < -0.3 is 16.2 Å². The third-order valence-electron chi connectivity index (χ3n) is 2.44. The number of nitrogens with zero attached hydrogens (tertiary/aromatic N) is 2. The average molecular weight is 264 g/mol. The summed E-state index contributed by atoms with van der Waals surface area (Å²) in [5, 5.41) is 0. The fourth-order valence-corrected chi connectivity index (χ4v) is 1.41. The van der Waals surface area contributed by atoms with Gasteiger partial charge in [0, 0.05) is 7.05 Å². The highest BCUT2D eigenvalue weighted by molar-refractivity contribution is 5.95. The van der Waals surface area contributed by atoms with Gasteiger partial charge in [0.15, 0.2) is 0 Å². The minimum absolute atomic E-state index is 0.0458. The van der Waals surface area contributed by atoms with Crippen molar-refractivity contribution in [3.63, 3.8) is 0 Å². The van der Waals surface area contributed by atoms with E-state index < -0.39 is 6.03 Å². The molecule has 0 unspecified atom stereocenters. The van der Waals surface area contributed by atoms with Crippen molar-refractivity contribution in [2.45, 2.75) is 26.9 Å². The number of hydrogen-bond donors (Lipinski definition) is 2. The molecular formula is C13H20N4O2. The van der Waals surface area contributed by atoms with Gasteiger partial charge in [-0.05, 0) is 44.5 Å². The summed E-state index contributed by atoms with van der Waals surface area (Å²) in [6.45, 7) is 5.85. The van der Waals surface area contributed by atoms with Crippen LogP contribution in [0.5, 0.6) is 5.75 Å². The minimum atomic E-state index is -0.655. The molecular weight excluding hydrogens is 244 g/mol. The van der Waals surface area contributed by atoms with Crippen LogP contribution in [0, 0.1) is 6.92 Å². The summed E-state index contributed by atoms with van der Waals surface area (Å²) in [7, 11) is 1.46. The molecule has 6 nitrogen and oxygen atoms in total. The van der Waals surface area contributed by atoms with E-state index in [9.17, 15) is 4.79 Å². The van der Waals surface area contributed by atoms with Crippen molar-refractivity contribution in [2.75, 3.05) is 7.05 Å². The third kappa shape index (κ3) is 4.17. The minimum Gasteiger partial charge on any atom is -0.491 e. The van der Waals surface area contributed by atoms with Crippen LogP contribution in [0.1, 0.15) is 19.4 Å². The molecule has 0 spiro atoms. The number of guanidine groups is 1. The Bertz CT molecular complexity index is 497. The second-order valence-corrected chi connectivity index (χ2v) is 4.48. The number of hydrogen-bond acceptors (Lipinski definition) is 3. The standard InChI is InChI=1S/C13H20N4O2/c1-8(2)19-11-6-5-10(7-9(11)3)16-12(14)17(4)13(15)18/h5-8H,1-4H3,(H2,14,16)(H2,15,18). The molecule has 1 rings (SSSR count). The Kier molecular flexibility index (Phi) is 4.74. The van der Waals surface area contributed by atoms with E-state index in [2.05, 4.69) is 4.99 Å². The zero-order valence-corrected chi connectivity index (χ0v) is 11.7. The van der Waals surface area contributed by atoms with Crippen molar-refractivity contribution < 1.29 is 9.53 Å². The molecule has 0 fully saturated rings. The number of ether oxygens (including phenoxy) is 1. The molecule has 6 heteroatoms. The van der Waals surface area contributed by atoms with Crippen LogP contribution in [0.4, 0.5) is 10.5 Å². The number of amides is 2. The number of nitrogens with two attached hydrogens (primary N) is 2. The number of primary amides is 1. The molecule has 0 saturated carbocycles. The van der Waals surface area contributed by atoms with Crippen LogP contribution >= 0.6 is 0 Å². The molecule has 0 saturated heterocycles. The highest BCUT2D eigenvalue weighted by Gasteiger charge is 2.08. The summed E-state index contributed by atoms with van der Waals surface area (Å²) in [5.74, 6) is 0.847. The van der Waals surface area contributed by atoms with E-state index >= 15 is 0 Å². The number of rotatable bonds is 3. The lowest BCUT2D eigenvalue weighted by Crippen LogP contribution is -2.41. The zero-order chi connectivity index (χ0) is 14.6. The zero-order valence-electron chi connectivity index (χ0n) is 11.7. The third-order valence-corrected chi connectivity index (χ3v) is 2.44. The van der Waals surface area contributed by atoms with E-state index in [-0.39, 0.29) is 12.1 Å². The summed E-state index contributed by atoms with van der Waals surface area (Å²) in [5.41, 5.74) is 12.4. The lowest BCUT2D eigenvalue weighted by Gasteiger charge is -2.14. The second kappa shape index (κ2) is 6.08. The predicted octanol–water partition coefficient (Wildman–Crippen LogP) is 1.74. The van der Waals surface area contributed by atoms with Crippen LogP contribution in [0.15, 0.2) is 23.2 Å². The Labute approximate surface area is 113 Å². The van der Waals surface area contributed by atoms with E-state index in [4.69, 9.17) is 16.2 Å². The lowest BCUT2D eigenvalue weighted by molar-refractivity contribution is 0.235. The number of aryl methyl sites for hydroxylation is 1. The van der Waals surface area contributed by atoms with Gasteiger partial charge in [-0.25, -0.2) is 9.79 Å². The number of carbonyl (C=O) groups is 1. The first-order valence-electron chi connectivity index (χ1n) is 5.96. The Balaban J connectivity index is 2.95. The summed E-state index contributed by atoms with van der Waals surface area (Å²) < 4.78 is 5.63. The van der Waals surface area contributed by atoms with Crippen LogP contribution < -0.4 is 16.2 Å². The maximum atomic E-state index is 10.9. The van der Waals surface area contributed by atoms with Gasteiger partial charge in [-0.3, -0.25) is 4.90 Å². The molecule has 0 aliphatic heterocycles. The van der Waals surface area contributed by atoms with E-state index in [1.54, 1.807) is 6.07 Å². The molecule has 0 aliphatic rings. The Hall–Kier alpha value is -2.24. The van der Waals surface area contributed by atoms with E-state index in [0.717, 1.165) is 16.2 Å². The van der Waals surface area contributed by atoms with Crippen molar-refractivity contribution in [3.8, 4) is 5.75 Å². The largest absolute Gasteiger partial charge is 0.491 e. The summed E-state index contributed by atoms with van der Waals surface area (Å²) in [6, 6.07) is 4.77. The SMILES string of the molecule is Cc1cc(/N=C(/N)N(C)C(N)=O)ccc1OC(C)C. The number of carbonyl (C=O) groups excluding carboxylic acids is 1. The smallest absolute Gasteiger partial charge is 0.321 e. The Morgan fingerprint density at radius 3 is 2.47 bits per heavy atom. The summed E-state index contributed by atoms with van der Waals surface area (Å²) in [6.07, 6.45) is 0.110. The second-order valence-electron chi connectivity index (χ2n) is 4.48. The van der Waals surface area contributed by atoms with Gasteiger partial charge in [0.1, 0.15) is 5.75 Å². The van der Waals surface area contributed by atoms with E-state index in [1.165, 1.54) is 7.05 Å². The van der Waals surface area contributed by atoms with Crippen LogP contribution in [0.3, 0.4) is 0 Å². The van der Waals surface area contributed by atoms with Crippen LogP contribution in [0.2, 0.25) is 0 Å². The molecule has 0 aliphatic carbocycles. The van der Waals surface area contributed by atoms with Crippen molar-refractivity contribution in [2.24, 2.45) is 16.5 Å². The van der Waals surface area contributed by atoms with Crippen molar-refractivity contribution in [1.29, 1.82) is 0 Å². The fourth-order valence-electron chi connectivity index (χ4n) is 1.41. The van der Waals surface area contributed by atoms with Gasteiger partial charge >= 0.3 is 6.03 Å². The van der Waals surface area contributed by atoms with Crippen LogP contribution in [-0.2, 0) is 0 Å². The van der Waals surface area contributed by atoms with Crippen LogP contribution in [0.25, 0.3) is 0 Å². The van der Waals surface area contributed by atoms with Crippen molar-refractivity contribution >= 4 is 17.7 Å². The van der Waals surface area contributed by atoms with Gasteiger partial charge in [0.05, 0.1) is 11.8 Å². The van der Waals surface area contributed by atoms with Gasteiger partial charge in [0.25, 0.3) is 0 Å². The van der Waals surface area contributed by atoms with Crippen molar-refractivity contribution in [3.05, 3.63) is 23.8 Å². The molecule has 0 aromatic heterocycles. The van der Waals surface area contributed by atoms with Crippen molar-refractivity contribution in [1.82, 2.24) is 4.90 Å². The maximum Gasteiger partial charge on any atom is 0.321 e. The number of urea groups is 1. The van der Waals surface area contributed by atoms with E-state index in [1.807, 2.05) is 32.9 Å².